The first-order valence-corrected chi connectivity index (χ1v) is 7.61. The van der Waals surface area contributed by atoms with Crippen molar-refractivity contribution < 1.29 is 8.78 Å². The number of benzene rings is 2. The Morgan fingerprint density at radius 1 is 1.05 bits per heavy atom. The number of hydrogen-bond donors (Lipinski definition) is 1. The molecular formula is C15H13Br2F2N. The monoisotopic (exact) mass is 403 g/mol. The van der Waals surface area contributed by atoms with Gasteiger partial charge in [0.05, 0.1) is 12.2 Å². The number of alkyl halides is 2. The van der Waals surface area contributed by atoms with Crippen molar-refractivity contribution in [2.24, 2.45) is 0 Å². The third kappa shape index (κ3) is 3.58. The standard InChI is InChI=1S/C15H13Br2F2N/c1-10-7-12(16)14(13(17)8-10)20-9-15(18,19)11-5-3-2-4-6-11/h2-8,20H,9H2,1H3. The van der Waals surface area contributed by atoms with Crippen molar-refractivity contribution in [1.82, 2.24) is 0 Å². The van der Waals surface area contributed by atoms with Crippen LogP contribution in [-0.2, 0) is 5.92 Å². The number of halogens is 4. The third-order valence-electron chi connectivity index (χ3n) is 2.87. The summed E-state index contributed by atoms with van der Waals surface area (Å²) in [6.45, 7) is 1.48. The van der Waals surface area contributed by atoms with Gasteiger partial charge >= 0.3 is 0 Å². The summed E-state index contributed by atoms with van der Waals surface area (Å²) in [5.74, 6) is -2.93. The summed E-state index contributed by atoms with van der Waals surface area (Å²) >= 11 is 6.77. The third-order valence-corrected chi connectivity index (χ3v) is 4.12. The van der Waals surface area contributed by atoms with Gasteiger partial charge in [-0.2, -0.15) is 8.78 Å². The summed E-state index contributed by atoms with van der Waals surface area (Å²) in [4.78, 5) is 0. The predicted molar refractivity (Wildman–Crippen MR) is 85.4 cm³/mol. The van der Waals surface area contributed by atoms with E-state index in [1.165, 1.54) is 12.1 Å². The highest BCUT2D eigenvalue weighted by Gasteiger charge is 2.31. The van der Waals surface area contributed by atoms with Crippen molar-refractivity contribution in [2.75, 3.05) is 11.9 Å². The summed E-state index contributed by atoms with van der Waals surface area (Å²) in [6.07, 6.45) is 0. The average Bonchev–Trinajstić information content (AvgIpc) is 2.38. The number of nitrogens with one attached hydrogen (secondary N) is 1. The highest BCUT2D eigenvalue weighted by molar-refractivity contribution is 9.11. The Balaban J connectivity index is 2.17. The Bertz CT molecular complexity index is 577. The summed E-state index contributed by atoms with van der Waals surface area (Å²) in [5, 5.41) is 2.80. The molecule has 0 aliphatic carbocycles. The Hall–Kier alpha value is -0.940. The van der Waals surface area contributed by atoms with Crippen LogP contribution in [-0.4, -0.2) is 6.54 Å². The molecule has 2 aromatic rings. The molecule has 1 N–H and O–H groups in total. The van der Waals surface area contributed by atoms with Crippen LogP contribution in [0, 0.1) is 6.92 Å². The van der Waals surface area contributed by atoms with Gasteiger partial charge in [-0.05, 0) is 56.5 Å². The molecule has 0 heterocycles. The summed E-state index contributed by atoms with van der Waals surface area (Å²) < 4.78 is 29.7. The molecule has 106 valence electrons. The van der Waals surface area contributed by atoms with Crippen molar-refractivity contribution in [3.63, 3.8) is 0 Å². The first kappa shape index (κ1) is 15.4. The van der Waals surface area contributed by atoms with E-state index in [0.717, 1.165) is 14.5 Å². The summed E-state index contributed by atoms with van der Waals surface area (Å²) in [5.41, 5.74) is 1.68. The Morgan fingerprint density at radius 2 is 1.60 bits per heavy atom. The van der Waals surface area contributed by atoms with Gasteiger partial charge in [-0.25, -0.2) is 0 Å². The Kier molecular flexibility index (Phi) is 4.81. The van der Waals surface area contributed by atoms with E-state index in [-0.39, 0.29) is 5.56 Å². The highest BCUT2D eigenvalue weighted by atomic mass is 79.9. The maximum absolute atomic E-state index is 14.1. The smallest absolute Gasteiger partial charge is 0.290 e. The minimum Gasteiger partial charge on any atom is -0.377 e. The lowest BCUT2D eigenvalue weighted by Gasteiger charge is -2.19. The molecule has 0 saturated heterocycles. The fraction of sp³-hybridized carbons (Fsp3) is 0.200. The van der Waals surface area contributed by atoms with Crippen LogP contribution in [0.3, 0.4) is 0 Å². The van der Waals surface area contributed by atoms with Gasteiger partial charge in [0.1, 0.15) is 0 Å². The van der Waals surface area contributed by atoms with Crippen LogP contribution in [0.15, 0.2) is 51.4 Å². The summed E-state index contributed by atoms with van der Waals surface area (Å²) in [6, 6.07) is 11.6. The number of aryl methyl sites for hydroxylation is 1. The normalized spacial score (nSPS) is 11.4. The predicted octanol–water partition coefficient (Wildman–Crippen LogP) is 5.72. The Labute approximate surface area is 133 Å². The van der Waals surface area contributed by atoms with Gasteiger partial charge in [0.25, 0.3) is 5.92 Å². The van der Waals surface area contributed by atoms with E-state index < -0.39 is 12.5 Å². The minimum absolute atomic E-state index is 0.00635. The molecule has 0 aliphatic rings. The van der Waals surface area contributed by atoms with Gasteiger partial charge in [0.2, 0.25) is 0 Å². The minimum atomic E-state index is -2.93. The lowest BCUT2D eigenvalue weighted by atomic mass is 10.1. The molecule has 0 fully saturated rings. The van der Waals surface area contributed by atoms with Gasteiger partial charge in [0, 0.05) is 14.5 Å². The molecule has 0 radical (unpaired) electrons. The molecule has 5 heteroatoms. The van der Waals surface area contributed by atoms with Crippen LogP contribution >= 0.6 is 31.9 Å². The van der Waals surface area contributed by atoms with Crippen molar-refractivity contribution in [3.05, 3.63) is 62.5 Å². The van der Waals surface area contributed by atoms with Crippen molar-refractivity contribution in [3.8, 4) is 0 Å². The fourth-order valence-corrected chi connectivity index (χ4v) is 3.55. The van der Waals surface area contributed by atoms with Gasteiger partial charge in [-0.15, -0.1) is 0 Å². The largest absolute Gasteiger partial charge is 0.377 e. The molecule has 0 spiro atoms. The number of hydrogen-bond acceptors (Lipinski definition) is 1. The van der Waals surface area contributed by atoms with Gasteiger partial charge in [0.15, 0.2) is 0 Å². The second-order valence-corrected chi connectivity index (χ2v) is 6.24. The number of anilines is 1. The number of rotatable bonds is 4. The molecule has 2 aromatic carbocycles. The zero-order valence-electron chi connectivity index (χ0n) is 10.8. The Morgan fingerprint density at radius 3 is 2.15 bits per heavy atom. The van der Waals surface area contributed by atoms with E-state index in [9.17, 15) is 8.78 Å². The molecule has 0 unspecified atom stereocenters. The van der Waals surface area contributed by atoms with Crippen LogP contribution in [0.5, 0.6) is 0 Å². The first-order valence-electron chi connectivity index (χ1n) is 6.03. The van der Waals surface area contributed by atoms with Gasteiger partial charge in [-0.3, -0.25) is 0 Å². The molecule has 0 aromatic heterocycles. The molecule has 1 nitrogen and oxygen atoms in total. The van der Waals surface area contributed by atoms with E-state index in [1.807, 2.05) is 19.1 Å². The van der Waals surface area contributed by atoms with Gasteiger partial charge < -0.3 is 5.32 Å². The van der Waals surface area contributed by atoms with E-state index in [2.05, 4.69) is 37.2 Å². The second-order valence-electron chi connectivity index (χ2n) is 4.53. The molecule has 0 bridgehead atoms. The van der Waals surface area contributed by atoms with Crippen LogP contribution in [0.2, 0.25) is 0 Å². The lowest BCUT2D eigenvalue weighted by Crippen LogP contribution is -2.24. The molecule has 2 rings (SSSR count). The summed E-state index contributed by atoms with van der Waals surface area (Å²) in [7, 11) is 0. The molecular weight excluding hydrogens is 392 g/mol. The lowest BCUT2D eigenvalue weighted by molar-refractivity contribution is 0.0106. The quantitative estimate of drug-likeness (QED) is 0.686. The van der Waals surface area contributed by atoms with Crippen LogP contribution in [0.1, 0.15) is 11.1 Å². The molecule has 20 heavy (non-hydrogen) atoms. The van der Waals surface area contributed by atoms with Crippen LogP contribution < -0.4 is 5.32 Å². The van der Waals surface area contributed by atoms with Crippen molar-refractivity contribution >= 4 is 37.5 Å². The van der Waals surface area contributed by atoms with Crippen molar-refractivity contribution in [1.29, 1.82) is 0 Å². The zero-order valence-corrected chi connectivity index (χ0v) is 13.9. The van der Waals surface area contributed by atoms with Crippen molar-refractivity contribution in [2.45, 2.75) is 12.8 Å². The molecule has 0 saturated carbocycles. The zero-order chi connectivity index (χ0) is 14.8. The van der Waals surface area contributed by atoms with E-state index in [1.54, 1.807) is 18.2 Å². The molecule has 0 atom stereocenters. The maximum Gasteiger partial charge on any atom is 0.290 e. The SMILES string of the molecule is Cc1cc(Br)c(NCC(F)(F)c2ccccc2)c(Br)c1. The van der Waals surface area contributed by atoms with E-state index >= 15 is 0 Å². The van der Waals surface area contributed by atoms with E-state index in [4.69, 9.17) is 0 Å². The average molecular weight is 405 g/mol. The van der Waals surface area contributed by atoms with Crippen LogP contribution in [0.25, 0.3) is 0 Å². The topological polar surface area (TPSA) is 12.0 Å². The molecule has 0 amide bonds. The van der Waals surface area contributed by atoms with Crippen LogP contribution in [0.4, 0.5) is 14.5 Å². The fourth-order valence-electron chi connectivity index (χ4n) is 1.85. The van der Waals surface area contributed by atoms with Gasteiger partial charge in [-0.1, -0.05) is 30.3 Å². The molecule has 0 aliphatic heterocycles. The maximum atomic E-state index is 14.1. The second kappa shape index (κ2) is 6.22. The highest BCUT2D eigenvalue weighted by Crippen LogP contribution is 2.34. The first-order chi connectivity index (χ1) is 9.40. The van der Waals surface area contributed by atoms with E-state index in [0.29, 0.717) is 5.69 Å².